The molecule has 1 saturated carbocycles. The number of aryl methyl sites for hydroxylation is 1. The number of benzene rings is 1. The standard InChI is InChI=1S/C16H20N2O2/c1-3-5-13-17-12-7-4-6-11(15(19)20)14(12)18(13)10-16(2)8-9-16/h4,6-7H,3,5,8-10H2,1-2H3,(H,19,20). The van der Waals surface area contributed by atoms with Crippen molar-refractivity contribution in [1.82, 2.24) is 9.55 Å². The van der Waals surface area contributed by atoms with Gasteiger partial charge in [0, 0.05) is 13.0 Å². The van der Waals surface area contributed by atoms with E-state index in [9.17, 15) is 9.90 Å². The maximum absolute atomic E-state index is 11.5. The third-order valence-corrected chi connectivity index (χ3v) is 4.19. The van der Waals surface area contributed by atoms with Gasteiger partial charge >= 0.3 is 5.97 Å². The number of hydrogen-bond donors (Lipinski definition) is 1. The summed E-state index contributed by atoms with van der Waals surface area (Å²) in [6, 6.07) is 5.36. The number of rotatable bonds is 5. The molecule has 106 valence electrons. The number of imidazole rings is 1. The van der Waals surface area contributed by atoms with Gasteiger partial charge in [0.25, 0.3) is 0 Å². The van der Waals surface area contributed by atoms with Crippen LogP contribution in [0.1, 0.15) is 49.3 Å². The van der Waals surface area contributed by atoms with Gasteiger partial charge in [0.15, 0.2) is 0 Å². The number of hydrogen-bond acceptors (Lipinski definition) is 2. The van der Waals surface area contributed by atoms with Crippen LogP contribution in [0.2, 0.25) is 0 Å². The third kappa shape index (κ3) is 2.19. The van der Waals surface area contributed by atoms with E-state index in [0.717, 1.165) is 36.2 Å². The smallest absolute Gasteiger partial charge is 0.337 e. The summed E-state index contributed by atoms with van der Waals surface area (Å²) in [5, 5.41) is 9.42. The second-order valence-corrected chi connectivity index (χ2v) is 6.15. The number of carboxylic acid groups (broad SMARTS) is 1. The first-order valence-corrected chi connectivity index (χ1v) is 7.25. The van der Waals surface area contributed by atoms with Crippen LogP contribution >= 0.6 is 0 Å². The molecule has 4 heteroatoms. The number of nitrogens with zero attached hydrogens (tertiary/aromatic N) is 2. The zero-order valence-electron chi connectivity index (χ0n) is 12.0. The first-order valence-electron chi connectivity index (χ1n) is 7.25. The summed E-state index contributed by atoms with van der Waals surface area (Å²) in [4.78, 5) is 16.1. The predicted octanol–water partition coefficient (Wildman–Crippen LogP) is 3.49. The maximum Gasteiger partial charge on any atom is 0.337 e. The lowest BCUT2D eigenvalue weighted by Gasteiger charge is -2.14. The molecule has 0 bridgehead atoms. The molecule has 1 heterocycles. The van der Waals surface area contributed by atoms with E-state index >= 15 is 0 Å². The molecule has 1 aromatic carbocycles. The molecular formula is C16H20N2O2. The van der Waals surface area contributed by atoms with Crippen molar-refractivity contribution in [3.8, 4) is 0 Å². The minimum atomic E-state index is -0.874. The monoisotopic (exact) mass is 272 g/mol. The summed E-state index contributed by atoms with van der Waals surface area (Å²) >= 11 is 0. The van der Waals surface area contributed by atoms with Crippen molar-refractivity contribution >= 4 is 17.0 Å². The average Bonchev–Trinajstić information content (AvgIpc) is 3.03. The highest BCUT2D eigenvalue weighted by Crippen LogP contribution is 2.47. The fraction of sp³-hybridized carbons (Fsp3) is 0.500. The second kappa shape index (κ2) is 4.62. The number of fused-ring (bicyclic) bond motifs is 1. The van der Waals surface area contributed by atoms with Crippen molar-refractivity contribution in [1.29, 1.82) is 0 Å². The van der Waals surface area contributed by atoms with Gasteiger partial charge in [-0.05, 0) is 36.8 Å². The Balaban J connectivity index is 2.20. The molecule has 1 fully saturated rings. The van der Waals surface area contributed by atoms with Gasteiger partial charge in [-0.25, -0.2) is 9.78 Å². The Morgan fingerprint density at radius 2 is 2.20 bits per heavy atom. The van der Waals surface area contributed by atoms with Crippen LogP contribution in [-0.2, 0) is 13.0 Å². The van der Waals surface area contributed by atoms with Gasteiger partial charge in [0.2, 0.25) is 0 Å². The zero-order valence-corrected chi connectivity index (χ0v) is 12.0. The Morgan fingerprint density at radius 1 is 1.45 bits per heavy atom. The van der Waals surface area contributed by atoms with Gasteiger partial charge < -0.3 is 9.67 Å². The minimum absolute atomic E-state index is 0.321. The van der Waals surface area contributed by atoms with Crippen LogP contribution in [0.5, 0.6) is 0 Å². The number of aromatic carboxylic acids is 1. The van der Waals surface area contributed by atoms with Gasteiger partial charge in [-0.3, -0.25) is 0 Å². The normalized spacial score (nSPS) is 16.5. The summed E-state index contributed by atoms with van der Waals surface area (Å²) in [7, 11) is 0. The molecular weight excluding hydrogens is 252 g/mol. The second-order valence-electron chi connectivity index (χ2n) is 6.15. The highest BCUT2D eigenvalue weighted by atomic mass is 16.4. The van der Waals surface area contributed by atoms with Crippen molar-refractivity contribution in [3.63, 3.8) is 0 Å². The van der Waals surface area contributed by atoms with Crippen LogP contribution < -0.4 is 0 Å². The largest absolute Gasteiger partial charge is 0.478 e. The quantitative estimate of drug-likeness (QED) is 0.906. The van der Waals surface area contributed by atoms with E-state index in [1.807, 2.05) is 6.07 Å². The van der Waals surface area contributed by atoms with Crippen molar-refractivity contribution in [2.45, 2.75) is 46.1 Å². The van der Waals surface area contributed by atoms with Gasteiger partial charge in [0.05, 0.1) is 16.6 Å². The molecule has 0 spiro atoms. The van der Waals surface area contributed by atoms with Gasteiger partial charge in [-0.15, -0.1) is 0 Å². The average molecular weight is 272 g/mol. The highest BCUT2D eigenvalue weighted by Gasteiger charge is 2.38. The van der Waals surface area contributed by atoms with Crippen molar-refractivity contribution in [2.75, 3.05) is 0 Å². The molecule has 1 aromatic heterocycles. The fourth-order valence-electron chi connectivity index (χ4n) is 2.74. The summed E-state index contributed by atoms with van der Waals surface area (Å²) < 4.78 is 2.15. The van der Waals surface area contributed by atoms with E-state index in [2.05, 4.69) is 23.4 Å². The van der Waals surface area contributed by atoms with Crippen LogP contribution in [0, 0.1) is 5.41 Å². The zero-order chi connectivity index (χ0) is 14.3. The van der Waals surface area contributed by atoms with Gasteiger partial charge in [-0.1, -0.05) is 19.9 Å². The van der Waals surface area contributed by atoms with E-state index in [1.165, 1.54) is 12.8 Å². The highest BCUT2D eigenvalue weighted by molar-refractivity contribution is 6.01. The molecule has 0 radical (unpaired) electrons. The topological polar surface area (TPSA) is 55.1 Å². The first-order chi connectivity index (χ1) is 9.54. The van der Waals surface area contributed by atoms with E-state index in [4.69, 9.17) is 0 Å². The van der Waals surface area contributed by atoms with Crippen LogP contribution in [0.15, 0.2) is 18.2 Å². The van der Waals surface area contributed by atoms with Crippen molar-refractivity contribution < 1.29 is 9.90 Å². The molecule has 0 saturated heterocycles. The Labute approximate surface area is 118 Å². The van der Waals surface area contributed by atoms with E-state index < -0.39 is 5.97 Å². The molecule has 0 amide bonds. The summed E-state index contributed by atoms with van der Waals surface area (Å²) in [5.41, 5.74) is 2.28. The van der Waals surface area contributed by atoms with Crippen molar-refractivity contribution in [2.24, 2.45) is 5.41 Å². The van der Waals surface area contributed by atoms with E-state index in [1.54, 1.807) is 12.1 Å². The van der Waals surface area contributed by atoms with Gasteiger partial charge in [-0.2, -0.15) is 0 Å². The molecule has 0 unspecified atom stereocenters. The lowest BCUT2D eigenvalue weighted by atomic mass is 10.1. The Bertz CT molecular complexity index is 668. The molecule has 3 rings (SSSR count). The summed E-state index contributed by atoms with van der Waals surface area (Å²) in [6.07, 6.45) is 4.34. The first kappa shape index (κ1) is 13.2. The van der Waals surface area contributed by atoms with Gasteiger partial charge in [0.1, 0.15) is 5.82 Å². The number of aromatic nitrogens is 2. The maximum atomic E-state index is 11.5. The van der Waals surface area contributed by atoms with Crippen LogP contribution in [0.3, 0.4) is 0 Å². The van der Waals surface area contributed by atoms with E-state index in [0.29, 0.717) is 11.0 Å². The third-order valence-electron chi connectivity index (χ3n) is 4.19. The Hall–Kier alpha value is -1.84. The number of carboxylic acids is 1. The molecule has 1 aliphatic rings. The minimum Gasteiger partial charge on any atom is -0.478 e. The Kier molecular flexibility index (Phi) is 3.04. The molecule has 1 aliphatic carbocycles. The molecule has 2 aromatic rings. The predicted molar refractivity (Wildman–Crippen MR) is 78.0 cm³/mol. The lowest BCUT2D eigenvalue weighted by molar-refractivity contribution is 0.0698. The summed E-state index contributed by atoms with van der Waals surface area (Å²) in [5.74, 6) is 0.144. The van der Waals surface area contributed by atoms with Crippen LogP contribution in [0.4, 0.5) is 0 Å². The molecule has 1 N–H and O–H groups in total. The lowest BCUT2D eigenvalue weighted by Crippen LogP contribution is -2.13. The summed E-state index contributed by atoms with van der Waals surface area (Å²) in [6.45, 7) is 5.27. The number of para-hydroxylation sites is 1. The molecule has 0 aliphatic heterocycles. The van der Waals surface area contributed by atoms with E-state index in [-0.39, 0.29) is 0 Å². The SMILES string of the molecule is CCCc1nc2cccc(C(=O)O)c2n1CC1(C)CC1. The molecule has 0 atom stereocenters. The number of carbonyl (C=O) groups is 1. The molecule has 20 heavy (non-hydrogen) atoms. The molecule has 4 nitrogen and oxygen atoms in total. The Morgan fingerprint density at radius 3 is 2.80 bits per heavy atom. The van der Waals surface area contributed by atoms with Crippen LogP contribution in [-0.4, -0.2) is 20.6 Å². The fourth-order valence-corrected chi connectivity index (χ4v) is 2.74. The van der Waals surface area contributed by atoms with Crippen molar-refractivity contribution in [3.05, 3.63) is 29.6 Å². The van der Waals surface area contributed by atoms with Crippen LogP contribution in [0.25, 0.3) is 11.0 Å².